The Labute approximate surface area is 93.1 Å². The van der Waals surface area contributed by atoms with Crippen molar-refractivity contribution in [2.75, 3.05) is 5.32 Å². The highest BCUT2D eigenvalue weighted by atomic mass is 35.5. The van der Waals surface area contributed by atoms with Gasteiger partial charge < -0.3 is 5.32 Å². The predicted molar refractivity (Wildman–Crippen MR) is 57.4 cm³/mol. The molecule has 0 spiro atoms. The van der Waals surface area contributed by atoms with Gasteiger partial charge in [-0.3, -0.25) is 0 Å². The van der Waals surface area contributed by atoms with Gasteiger partial charge in [0.25, 0.3) is 0 Å². The van der Waals surface area contributed by atoms with Crippen LogP contribution in [0.15, 0.2) is 6.20 Å². The minimum absolute atomic E-state index is 0.0671. The quantitative estimate of drug-likeness (QED) is 0.793. The van der Waals surface area contributed by atoms with E-state index in [0.29, 0.717) is 11.5 Å². The molecule has 0 radical (unpaired) electrons. The van der Waals surface area contributed by atoms with Crippen LogP contribution >= 0.6 is 11.6 Å². The Balaban J connectivity index is 2.03. The molecule has 1 saturated carbocycles. The highest BCUT2D eigenvalue weighted by molar-refractivity contribution is 6.28. The van der Waals surface area contributed by atoms with E-state index in [0.717, 1.165) is 19.0 Å². The molecule has 1 aromatic heterocycles. The molecule has 1 aromatic rings. The van der Waals surface area contributed by atoms with Crippen molar-refractivity contribution in [1.82, 2.24) is 9.97 Å². The summed E-state index contributed by atoms with van der Waals surface area (Å²) in [7, 11) is 0. The molecule has 1 aliphatic rings. The molecule has 0 amide bonds. The number of nitrogens with zero attached hydrogens (tertiary/aromatic N) is 2. The third kappa shape index (κ3) is 2.37. The minimum Gasteiger partial charge on any atom is -0.365 e. The normalized spacial score (nSPS) is 19.7. The third-order valence-electron chi connectivity index (χ3n) is 2.65. The molecule has 0 aliphatic heterocycles. The lowest BCUT2D eigenvalue weighted by atomic mass is 9.68. The topological polar surface area (TPSA) is 37.8 Å². The lowest BCUT2D eigenvalue weighted by molar-refractivity contribution is 0.167. The van der Waals surface area contributed by atoms with E-state index in [1.54, 1.807) is 0 Å². The summed E-state index contributed by atoms with van der Waals surface area (Å²) in [5.41, 5.74) is 0.352. The maximum atomic E-state index is 13.2. The van der Waals surface area contributed by atoms with Crippen LogP contribution in [-0.4, -0.2) is 16.0 Å². The molecule has 3 nitrogen and oxygen atoms in total. The lowest BCUT2D eigenvalue weighted by Crippen LogP contribution is -2.41. The molecule has 0 atom stereocenters. The number of halogens is 2. The zero-order valence-corrected chi connectivity index (χ0v) is 9.48. The van der Waals surface area contributed by atoms with Gasteiger partial charge in [0.15, 0.2) is 11.6 Å². The maximum Gasteiger partial charge on any atom is 0.224 e. The van der Waals surface area contributed by atoms with Crippen LogP contribution in [0.5, 0.6) is 0 Å². The molecule has 82 valence electrons. The first-order valence-corrected chi connectivity index (χ1v) is 5.29. The fourth-order valence-electron chi connectivity index (χ4n) is 2.02. The number of nitrogens with one attached hydrogen (secondary N) is 1. The Morgan fingerprint density at radius 3 is 2.80 bits per heavy atom. The summed E-state index contributed by atoms with van der Waals surface area (Å²) in [6.45, 7) is 4.38. The first kappa shape index (κ1) is 10.6. The first-order chi connectivity index (χ1) is 6.96. The van der Waals surface area contributed by atoms with Crippen LogP contribution in [0.2, 0.25) is 5.28 Å². The van der Waals surface area contributed by atoms with E-state index in [1.165, 1.54) is 0 Å². The second kappa shape index (κ2) is 3.59. The first-order valence-electron chi connectivity index (χ1n) is 4.91. The summed E-state index contributed by atoms with van der Waals surface area (Å²) < 4.78 is 13.2. The van der Waals surface area contributed by atoms with Crippen molar-refractivity contribution in [3.8, 4) is 0 Å². The number of hydrogen-bond acceptors (Lipinski definition) is 3. The zero-order chi connectivity index (χ0) is 11.1. The highest BCUT2D eigenvalue weighted by Gasteiger charge is 2.36. The van der Waals surface area contributed by atoms with Crippen molar-refractivity contribution in [2.24, 2.45) is 5.41 Å². The van der Waals surface area contributed by atoms with Crippen LogP contribution in [0.1, 0.15) is 26.7 Å². The van der Waals surface area contributed by atoms with E-state index in [-0.39, 0.29) is 11.1 Å². The van der Waals surface area contributed by atoms with Crippen LogP contribution in [-0.2, 0) is 0 Å². The molecular formula is C10H13ClFN3. The van der Waals surface area contributed by atoms with Crippen LogP contribution < -0.4 is 5.32 Å². The molecule has 1 N–H and O–H groups in total. The van der Waals surface area contributed by atoms with E-state index in [1.807, 2.05) is 0 Å². The molecule has 1 heterocycles. The summed E-state index contributed by atoms with van der Waals surface area (Å²) in [6, 6.07) is 0.292. The maximum absolute atomic E-state index is 13.2. The van der Waals surface area contributed by atoms with Gasteiger partial charge in [-0.25, -0.2) is 9.37 Å². The summed E-state index contributed by atoms with van der Waals surface area (Å²) in [4.78, 5) is 7.37. The summed E-state index contributed by atoms with van der Waals surface area (Å²) in [5.74, 6) is -0.250. The van der Waals surface area contributed by atoms with Gasteiger partial charge in [0.2, 0.25) is 5.28 Å². The Morgan fingerprint density at radius 2 is 2.20 bits per heavy atom. The zero-order valence-electron chi connectivity index (χ0n) is 8.72. The Kier molecular flexibility index (Phi) is 2.54. The predicted octanol–water partition coefficient (Wildman–Crippen LogP) is 2.87. The molecule has 2 rings (SSSR count). The van der Waals surface area contributed by atoms with Gasteiger partial charge in [0.1, 0.15) is 0 Å². The van der Waals surface area contributed by atoms with Gasteiger partial charge in [-0.1, -0.05) is 13.8 Å². The number of anilines is 1. The standard InChI is InChI=1S/C10H13ClFN3/c1-10(2)3-6(4-10)14-8-7(12)5-13-9(11)15-8/h5-6H,3-4H2,1-2H3,(H,13,14,15). The van der Waals surface area contributed by atoms with E-state index >= 15 is 0 Å². The van der Waals surface area contributed by atoms with Crippen LogP contribution in [0, 0.1) is 11.2 Å². The number of rotatable bonds is 2. The molecule has 1 fully saturated rings. The smallest absolute Gasteiger partial charge is 0.224 e. The average molecular weight is 230 g/mol. The molecule has 15 heavy (non-hydrogen) atoms. The largest absolute Gasteiger partial charge is 0.365 e. The van der Waals surface area contributed by atoms with Gasteiger partial charge in [0.05, 0.1) is 6.20 Å². The van der Waals surface area contributed by atoms with Crippen LogP contribution in [0.3, 0.4) is 0 Å². The molecule has 0 saturated heterocycles. The van der Waals surface area contributed by atoms with Gasteiger partial charge in [0, 0.05) is 6.04 Å². The van der Waals surface area contributed by atoms with Gasteiger partial charge in [-0.05, 0) is 29.9 Å². The third-order valence-corrected chi connectivity index (χ3v) is 2.84. The van der Waals surface area contributed by atoms with Gasteiger partial charge in [-0.15, -0.1) is 0 Å². The Hall–Kier alpha value is -0.900. The van der Waals surface area contributed by atoms with Crippen molar-refractivity contribution in [3.63, 3.8) is 0 Å². The molecular weight excluding hydrogens is 217 g/mol. The van der Waals surface area contributed by atoms with Crippen LogP contribution in [0.4, 0.5) is 10.2 Å². The van der Waals surface area contributed by atoms with E-state index < -0.39 is 5.82 Å². The lowest BCUT2D eigenvalue weighted by Gasteiger charge is -2.43. The molecule has 0 aromatic carbocycles. The Bertz CT molecular complexity index is 373. The van der Waals surface area contributed by atoms with Crippen molar-refractivity contribution >= 4 is 17.4 Å². The summed E-state index contributed by atoms with van der Waals surface area (Å²) >= 11 is 5.59. The minimum atomic E-state index is -0.455. The average Bonchev–Trinajstić information content (AvgIpc) is 2.08. The van der Waals surface area contributed by atoms with Gasteiger partial charge >= 0.3 is 0 Å². The molecule has 0 unspecified atom stereocenters. The number of hydrogen-bond donors (Lipinski definition) is 1. The highest BCUT2D eigenvalue weighted by Crippen LogP contribution is 2.41. The molecule has 1 aliphatic carbocycles. The number of aromatic nitrogens is 2. The molecule has 0 bridgehead atoms. The summed E-state index contributed by atoms with van der Waals surface area (Å²) in [5, 5.41) is 3.10. The van der Waals surface area contributed by atoms with Crippen molar-refractivity contribution in [1.29, 1.82) is 0 Å². The molecule has 5 heteroatoms. The van der Waals surface area contributed by atoms with Crippen molar-refractivity contribution in [2.45, 2.75) is 32.7 Å². The van der Waals surface area contributed by atoms with Crippen molar-refractivity contribution < 1.29 is 4.39 Å². The fraction of sp³-hybridized carbons (Fsp3) is 0.600. The monoisotopic (exact) mass is 229 g/mol. The summed E-state index contributed by atoms with van der Waals surface area (Å²) in [6.07, 6.45) is 3.13. The van der Waals surface area contributed by atoms with Crippen molar-refractivity contribution in [3.05, 3.63) is 17.3 Å². The van der Waals surface area contributed by atoms with Gasteiger partial charge in [-0.2, -0.15) is 4.98 Å². The van der Waals surface area contributed by atoms with E-state index in [2.05, 4.69) is 29.1 Å². The second-order valence-corrected chi connectivity index (χ2v) is 5.09. The van der Waals surface area contributed by atoms with E-state index in [9.17, 15) is 4.39 Å². The van der Waals surface area contributed by atoms with Crippen LogP contribution in [0.25, 0.3) is 0 Å². The fourth-order valence-corrected chi connectivity index (χ4v) is 2.15. The Morgan fingerprint density at radius 1 is 1.53 bits per heavy atom. The SMILES string of the molecule is CC1(C)CC(Nc2nc(Cl)ncc2F)C1. The second-order valence-electron chi connectivity index (χ2n) is 4.75. The van der Waals surface area contributed by atoms with E-state index in [4.69, 9.17) is 11.6 Å².